The van der Waals surface area contributed by atoms with E-state index in [0.717, 1.165) is 13.0 Å². The van der Waals surface area contributed by atoms with E-state index in [-0.39, 0.29) is 18.1 Å². The van der Waals surface area contributed by atoms with Crippen LogP contribution in [0.2, 0.25) is 0 Å². The number of hydrogen-bond donors (Lipinski definition) is 1. The first-order valence-corrected chi connectivity index (χ1v) is 3.39. The summed E-state index contributed by atoms with van der Waals surface area (Å²) in [7, 11) is 0. The summed E-state index contributed by atoms with van der Waals surface area (Å²) in [5.41, 5.74) is 0.189. The lowest BCUT2D eigenvalue weighted by molar-refractivity contribution is 0.0166. The highest BCUT2D eigenvalue weighted by Gasteiger charge is 2.34. The van der Waals surface area contributed by atoms with Crippen molar-refractivity contribution in [2.75, 3.05) is 13.2 Å². The SMILES string of the molecule is CC1(C)CCOC1CO. The van der Waals surface area contributed by atoms with Crippen molar-refractivity contribution < 1.29 is 9.84 Å². The van der Waals surface area contributed by atoms with Crippen LogP contribution in [0.25, 0.3) is 0 Å². The molecule has 1 unspecified atom stereocenters. The Balaban J connectivity index is 2.52. The maximum absolute atomic E-state index is 8.78. The normalized spacial score (nSPS) is 33.0. The second-order valence-electron chi connectivity index (χ2n) is 3.28. The van der Waals surface area contributed by atoms with Crippen molar-refractivity contribution in [3.8, 4) is 0 Å². The van der Waals surface area contributed by atoms with Crippen LogP contribution in [0.15, 0.2) is 0 Å². The molecule has 0 saturated carbocycles. The van der Waals surface area contributed by atoms with E-state index in [4.69, 9.17) is 9.84 Å². The molecule has 0 aromatic heterocycles. The Labute approximate surface area is 55.8 Å². The van der Waals surface area contributed by atoms with Gasteiger partial charge in [-0.15, -0.1) is 0 Å². The summed E-state index contributed by atoms with van der Waals surface area (Å²) >= 11 is 0. The van der Waals surface area contributed by atoms with Gasteiger partial charge in [0.05, 0.1) is 12.7 Å². The average Bonchev–Trinajstić information content (AvgIpc) is 2.08. The summed E-state index contributed by atoms with van der Waals surface area (Å²) in [6.45, 7) is 5.22. The molecule has 1 aliphatic rings. The van der Waals surface area contributed by atoms with Gasteiger partial charge in [0.2, 0.25) is 0 Å². The lowest BCUT2D eigenvalue weighted by Crippen LogP contribution is -2.27. The van der Waals surface area contributed by atoms with Crippen LogP contribution in [0, 0.1) is 5.41 Å². The van der Waals surface area contributed by atoms with Gasteiger partial charge in [-0.2, -0.15) is 0 Å². The molecule has 1 atom stereocenters. The molecular weight excluding hydrogens is 116 g/mol. The quantitative estimate of drug-likeness (QED) is 0.568. The minimum absolute atomic E-state index is 0.0671. The molecule has 2 heteroatoms. The molecule has 0 spiro atoms. The molecule has 1 aliphatic heterocycles. The van der Waals surface area contributed by atoms with Crippen molar-refractivity contribution in [3.63, 3.8) is 0 Å². The van der Waals surface area contributed by atoms with Crippen LogP contribution in [0.4, 0.5) is 0 Å². The van der Waals surface area contributed by atoms with E-state index in [2.05, 4.69) is 13.8 Å². The lowest BCUT2D eigenvalue weighted by Gasteiger charge is -2.22. The Kier molecular flexibility index (Phi) is 1.78. The topological polar surface area (TPSA) is 29.5 Å². The van der Waals surface area contributed by atoms with Crippen LogP contribution in [-0.4, -0.2) is 24.4 Å². The minimum Gasteiger partial charge on any atom is -0.394 e. The van der Waals surface area contributed by atoms with Gasteiger partial charge in [-0.1, -0.05) is 13.8 Å². The van der Waals surface area contributed by atoms with Gasteiger partial charge in [0, 0.05) is 6.61 Å². The fourth-order valence-electron chi connectivity index (χ4n) is 1.15. The van der Waals surface area contributed by atoms with Crippen molar-refractivity contribution in [2.45, 2.75) is 26.4 Å². The average molecular weight is 130 g/mol. The van der Waals surface area contributed by atoms with Crippen LogP contribution >= 0.6 is 0 Å². The van der Waals surface area contributed by atoms with E-state index in [1.54, 1.807) is 0 Å². The first kappa shape index (κ1) is 7.03. The van der Waals surface area contributed by atoms with Gasteiger partial charge < -0.3 is 9.84 Å². The van der Waals surface area contributed by atoms with Gasteiger partial charge in [-0.3, -0.25) is 0 Å². The Hall–Kier alpha value is -0.0800. The smallest absolute Gasteiger partial charge is 0.0857 e. The van der Waals surface area contributed by atoms with Gasteiger partial charge >= 0.3 is 0 Å². The van der Waals surface area contributed by atoms with Crippen molar-refractivity contribution in [1.29, 1.82) is 0 Å². The van der Waals surface area contributed by atoms with Crippen LogP contribution < -0.4 is 0 Å². The van der Waals surface area contributed by atoms with Gasteiger partial charge in [0.1, 0.15) is 0 Å². The predicted molar refractivity (Wildman–Crippen MR) is 35.2 cm³/mol. The molecule has 2 nitrogen and oxygen atoms in total. The van der Waals surface area contributed by atoms with Crippen LogP contribution in [0.5, 0.6) is 0 Å². The summed E-state index contributed by atoms with van der Waals surface area (Å²) in [5.74, 6) is 0. The highest BCUT2D eigenvalue weighted by Crippen LogP contribution is 2.32. The third kappa shape index (κ3) is 1.25. The molecule has 0 radical (unpaired) electrons. The monoisotopic (exact) mass is 130 g/mol. The largest absolute Gasteiger partial charge is 0.394 e. The number of aliphatic hydroxyl groups excluding tert-OH is 1. The highest BCUT2D eigenvalue weighted by molar-refractivity contribution is 4.83. The van der Waals surface area contributed by atoms with Crippen molar-refractivity contribution in [3.05, 3.63) is 0 Å². The van der Waals surface area contributed by atoms with Crippen molar-refractivity contribution in [1.82, 2.24) is 0 Å². The third-order valence-electron chi connectivity index (χ3n) is 2.10. The molecule has 0 aromatic carbocycles. The Morgan fingerprint density at radius 1 is 1.67 bits per heavy atom. The van der Waals surface area contributed by atoms with Crippen LogP contribution in [0.1, 0.15) is 20.3 Å². The van der Waals surface area contributed by atoms with Gasteiger partial charge in [-0.25, -0.2) is 0 Å². The molecular formula is C7H14O2. The summed E-state index contributed by atoms with van der Waals surface area (Å²) in [5, 5.41) is 8.78. The molecule has 0 amide bonds. The van der Waals surface area contributed by atoms with E-state index >= 15 is 0 Å². The van der Waals surface area contributed by atoms with Gasteiger partial charge in [-0.05, 0) is 11.8 Å². The molecule has 0 aliphatic carbocycles. The number of ether oxygens (including phenoxy) is 1. The molecule has 9 heavy (non-hydrogen) atoms. The second-order valence-corrected chi connectivity index (χ2v) is 3.28. The molecule has 1 saturated heterocycles. The second kappa shape index (κ2) is 2.27. The van der Waals surface area contributed by atoms with Gasteiger partial charge in [0.15, 0.2) is 0 Å². The van der Waals surface area contributed by atoms with E-state index < -0.39 is 0 Å². The third-order valence-corrected chi connectivity index (χ3v) is 2.10. The summed E-state index contributed by atoms with van der Waals surface area (Å²) in [4.78, 5) is 0. The molecule has 1 heterocycles. The zero-order valence-electron chi connectivity index (χ0n) is 6.05. The van der Waals surface area contributed by atoms with E-state index in [1.807, 2.05) is 0 Å². The molecule has 1 N–H and O–H groups in total. The van der Waals surface area contributed by atoms with Crippen LogP contribution in [-0.2, 0) is 4.74 Å². The molecule has 1 rings (SSSR count). The molecule has 1 fully saturated rings. The standard InChI is InChI=1S/C7H14O2/c1-7(2)3-4-9-6(7)5-8/h6,8H,3-5H2,1-2H3. The van der Waals surface area contributed by atoms with Crippen LogP contribution in [0.3, 0.4) is 0 Å². The Bertz CT molecular complexity index is 99.1. The Morgan fingerprint density at radius 2 is 2.33 bits per heavy atom. The molecule has 0 aromatic rings. The zero-order valence-corrected chi connectivity index (χ0v) is 6.05. The van der Waals surface area contributed by atoms with Crippen molar-refractivity contribution in [2.24, 2.45) is 5.41 Å². The van der Waals surface area contributed by atoms with Gasteiger partial charge in [0.25, 0.3) is 0 Å². The van der Waals surface area contributed by atoms with E-state index in [1.165, 1.54) is 0 Å². The maximum Gasteiger partial charge on any atom is 0.0857 e. The summed E-state index contributed by atoms with van der Waals surface area (Å²) < 4.78 is 5.27. The fraction of sp³-hybridized carbons (Fsp3) is 1.00. The summed E-state index contributed by atoms with van der Waals surface area (Å²) in [6.07, 6.45) is 1.13. The number of hydrogen-bond acceptors (Lipinski definition) is 2. The van der Waals surface area contributed by atoms with Crippen molar-refractivity contribution >= 4 is 0 Å². The molecule has 54 valence electrons. The first-order chi connectivity index (χ1) is 4.17. The molecule has 0 bridgehead atoms. The highest BCUT2D eigenvalue weighted by atomic mass is 16.5. The van der Waals surface area contributed by atoms with E-state index in [0.29, 0.717) is 0 Å². The first-order valence-electron chi connectivity index (χ1n) is 3.39. The lowest BCUT2D eigenvalue weighted by atomic mass is 9.86. The fourth-order valence-corrected chi connectivity index (χ4v) is 1.15. The number of aliphatic hydroxyl groups is 1. The maximum atomic E-state index is 8.78. The minimum atomic E-state index is 0.0671. The number of rotatable bonds is 1. The predicted octanol–water partition coefficient (Wildman–Crippen LogP) is 0.794. The van der Waals surface area contributed by atoms with E-state index in [9.17, 15) is 0 Å². The Morgan fingerprint density at radius 3 is 2.56 bits per heavy atom. The zero-order chi connectivity index (χ0) is 6.91. The summed E-state index contributed by atoms with van der Waals surface area (Å²) in [6, 6.07) is 0.